The summed E-state index contributed by atoms with van der Waals surface area (Å²) in [4.78, 5) is 27.2. The Labute approximate surface area is 184 Å². The smallest absolute Gasteiger partial charge is 0.261 e. The minimum absolute atomic E-state index is 0.0181. The molecule has 0 fully saturated rings. The van der Waals surface area contributed by atoms with Gasteiger partial charge in [0.25, 0.3) is 5.91 Å². The van der Waals surface area contributed by atoms with Crippen molar-refractivity contribution in [3.63, 3.8) is 0 Å². The molecule has 168 valence electrons. The van der Waals surface area contributed by atoms with E-state index in [-0.39, 0.29) is 31.0 Å². The van der Waals surface area contributed by atoms with E-state index in [1.165, 1.54) is 11.0 Å². The number of rotatable bonds is 9. The van der Waals surface area contributed by atoms with Crippen LogP contribution in [0.1, 0.15) is 49.4 Å². The van der Waals surface area contributed by atoms with Crippen LogP contribution in [0, 0.1) is 26.6 Å². The van der Waals surface area contributed by atoms with Gasteiger partial charge in [-0.1, -0.05) is 31.2 Å². The van der Waals surface area contributed by atoms with Crippen molar-refractivity contribution in [1.82, 2.24) is 10.2 Å². The third-order valence-corrected chi connectivity index (χ3v) is 5.58. The molecule has 31 heavy (non-hydrogen) atoms. The number of hydrogen-bond donors (Lipinski definition) is 1. The zero-order valence-electron chi connectivity index (χ0n) is 19.3. The summed E-state index contributed by atoms with van der Waals surface area (Å²) in [6.07, 6.45) is 0.773. The summed E-state index contributed by atoms with van der Waals surface area (Å²) in [5.74, 6) is -0.440. The normalized spacial score (nSPS) is 12.7. The van der Waals surface area contributed by atoms with Gasteiger partial charge in [-0.15, -0.1) is 0 Å². The lowest BCUT2D eigenvalue weighted by Gasteiger charge is -2.30. The maximum atomic E-state index is 14.3. The van der Waals surface area contributed by atoms with E-state index in [9.17, 15) is 14.0 Å². The van der Waals surface area contributed by atoms with Crippen LogP contribution in [0.2, 0.25) is 0 Å². The Bertz CT molecular complexity index is 929. The second-order valence-corrected chi connectivity index (χ2v) is 8.10. The second-order valence-electron chi connectivity index (χ2n) is 8.10. The average molecular weight is 429 g/mol. The first-order valence-electron chi connectivity index (χ1n) is 10.7. The summed E-state index contributed by atoms with van der Waals surface area (Å²) in [5.41, 5.74) is 3.42. The van der Waals surface area contributed by atoms with Crippen LogP contribution in [0.4, 0.5) is 4.39 Å². The van der Waals surface area contributed by atoms with Crippen LogP contribution < -0.4 is 10.1 Å². The molecule has 0 unspecified atom stereocenters. The van der Waals surface area contributed by atoms with Crippen molar-refractivity contribution in [2.24, 2.45) is 0 Å². The van der Waals surface area contributed by atoms with Crippen molar-refractivity contribution in [3.05, 3.63) is 64.5 Å². The summed E-state index contributed by atoms with van der Waals surface area (Å²) >= 11 is 0. The Kier molecular flexibility index (Phi) is 8.60. The number of halogens is 1. The molecular formula is C25H33FN2O3. The predicted molar refractivity (Wildman–Crippen MR) is 120 cm³/mol. The van der Waals surface area contributed by atoms with Crippen LogP contribution in [-0.4, -0.2) is 35.4 Å². The monoisotopic (exact) mass is 428 g/mol. The lowest BCUT2D eigenvalue weighted by molar-refractivity contribution is -0.142. The van der Waals surface area contributed by atoms with Crippen molar-refractivity contribution in [3.8, 4) is 5.75 Å². The molecule has 5 nitrogen and oxygen atoms in total. The largest absolute Gasteiger partial charge is 0.483 e. The Morgan fingerprint density at radius 1 is 1.13 bits per heavy atom. The number of carbonyl (C=O) groups excluding carboxylic acids is 2. The molecule has 0 heterocycles. The standard InChI is InChI=1S/C25H33FN2O3/c1-7-18(4)27-25(30)20(6)28(14-21-10-8-9-11-22(21)26)24(29)15-31-23-13-16(2)12-17(3)19(23)5/h8-13,18,20H,7,14-15H2,1-6H3,(H,27,30)/t18-,20+/m1/s1. The van der Waals surface area contributed by atoms with Gasteiger partial charge >= 0.3 is 0 Å². The maximum Gasteiger partial charge on any atom is 0.261 e. The van der Waals surface area contributed by atoms with E-state index in [1.807, 2.05) is 40.7 Å². The van der Waals surface area contributed by atoms with Crippen LogP contribution in [0.3, 0.4) is 0 Å². The van der Waals surface area contributed by atoms with Gasteiger partial charge in [0, 0.05) is 18.2 Å². The second kappa shape index (κ2) is 10.9. The fourth-order valence-corrected chi connectivity index (χ4v) is 3.23. The number of aryl methyl sites for hydroxylation is 2. The van der Waals surface area contributed by atoms with Crippen molar-refractivity contribution < 1.29 is 18.7 Å². The number of nitrogens with one attached hydrogen (secondary N) is 1. The fraction of sp³-hybridized carbons (Fsp3) is 0.440. The van der Waals surface area contributed by atoms with Gasteiger partial charge in [-0.3, -0.25) is 9.59 Å². The molecule has 0 aliphatic rings. The third kappa shape index (κ3) is 6.54. The summed E-state index contributed by atoms with van der Waals surface area (Å²) in [6, 6.07) is 9.41. The number of carbonyl (C=O) groups is 2. The molecule has 6 heteroatoms. The molecule has 0 saturated carbocycles. The Morgan fingerprint density at radius 3 is 2.45 bits per heavy atom. The van der Waals surface area contributed by atoms with E-state index < -0.39 is 11.9 Å². The number of ether oxygens (including phenoxy) is 1. The number of hydrogen-bond acceptors (Lipinski definition) is 3. The van der Waals surface area contributed by atoms with E-state index in [4.69, 9.17) is 4.74 Å². The number of amides is 2. The maximum absolute atomic E-state index is 14.3. The molecule has 0 spiro atoms. The van der Waals surface area contributed by atoms with Crippen molar-refractivity contribution in [1.29, 1.82) is 0 Å². The fourth-order valence-electron chi connectivity index (χ4n) is 3.23. The Hall–Kier alpha value is -2.89. The van der Waals surface area contributed by atoms with Gasteiger partial charge in [0.1, 0.15) is 17.6 Å². The van der Waals surface area contributed by atoms with Crippen molar-refractivity contribution >= 4 is 11.8 Å². The van der Waals surface area contributed by atoms with E-state index >= 15 is 0 Å². The molecule has 0 aliphatic heterocycles. The van der Waals surface area contributed by atoms with E-state index in [0.29, 0.717) is 11.3 Å². The molecule has 2 aromatic carbocycles. The van der Waals surface area contributed by atoms with Gasteiger partial charge in [-0.2, -0.15) is 0 Å². The predicted octanol–water partition coefficient (Wildman–Crippen LogP) is 4.46. The van der Waals surface area contributed by atoms with Crippen LogP contribution in [-0.2, 0) is 16.1 Å². The molecule has 1 N–H and O–H groups in total. The zero-order valence-corrected chi connectivity index (χ0v) is 19.3. The molecule has 0 bridgehead atoms. The van der Waals surface area contributed by atoms with Gasteiger partial charge in [0.15, 0.2) is 6.61 Å². The highest BCUT2D eigenvalue weighted by molar-refractivity contribution is 5.88. The summed E-state index contributed by atoms with van der Waals surface area (Å²) in [5, 5.41) is 2.90. The molecule has 2 rings (SSSR count). The van der Waals surface area contributed by atoms with Crippen LogP contribution in [0.15, 0.2) is 36.4 Å². The van der Waals surface area contributed by atoms with Crippen LogP contribution in [0.5, 0.6) is 5.75 Å². The summed E-state index contributed by atoms with van der Waals surface area (Å²) in [7, 11) is 0. The minimum atomic E-state index is -0.773. The molecule has 0 aliphatic carbocycles. The Morgan fingerprint density at radius 2 is 1.81 bits per heavy atom. The lowest BCUT2D eigenvalue weighted by Crippen LogP contribution is -2.50. The van der Waals surface area contributed by atoms with Gasteiger partial charge in [-0.05, 0) is 69.9 Å². The number of nitrogens with zero attached hydrogens (tertiary/aromatic N) is 1. The SMILES string of the molecule is CC[C@@H](C)NC(=O)[C@H](C)N(Cc1ccccc1F)C(=O)COc1cc(C)cc(C)c1C. The minimum Gasteiger partial charge on any atom is -0.483 e. The molecule has 2 aromatic rings. The first-order chi connectivity index (χ1) is 14.6. The average Bonchev–Trinajstić information content (AvgIpc) is 2.73. The molecular weight excluding hydrogens is 395 g/mol. The van der Waals surface area contributed by atoms with Crippen LogP contribution in [0.25, 0.3) is 0 Å². The van der Waals surface area contributed by atoms with Crippen molar-refractivity contribution in [2.75, 3.05) is 6.61 Å². The van der Waals surface area contributed by atoms with Gasteiger partial charge in [0.2, 0.25) is 5.91 Å². The lowest BCUT2D eigenvalue weighted by atomic mass is 10.1. The molecule has 0 saturated heterocycles. The first kappa shape index (κ1) is 24.4. The van der Waals surface area contributed by atoms with Gasteiger partial charge in [0.05, 0.1) is 0 Å². The zero-order chi connectivity index (χ0) is 23.1. The Balaban J connectivity index is 2.23. The molecule has 2 atom stereocenters. The van der Waals surface area contributed by atoms with E-state index in [0.717, 1.165) is 23.1 Å². The van der Waals surface area contributed by atoms with Gasteiger partial charge < -0.3 is 15.0 Å². The third-order valence-electron chi connectivity index (χ3n) is 5.58. The molecule has 2 amide bonds. The highest BCUT2D eigenvalue weighted by Crippen LogP contribution is 2.23. The van der Waals surface area contributed by atoms with Crippen molar-refractivity contribution in [2.45, 2.75) is 66.6 Å². The topological polar surface area (TPSA) is 58.6 Å². The number of benzene rings is 2. The van der Waals surface area contributed by atoms with Crippen LogP contribution >= 0.6 is 0 Å². The summed E-state index contributed by atoms with van der Waals surface area (Å²) in [6.45, 7) is 11.2. The van der Waals surface area contributed by atoms with E-state index in [2.05, 4.69) is 11.4 Å². The van der Waals surface area contributed by atoms with E-state index in [1.54, 1.807) is 25.1 Å². The molecule has 0 radical (unpaired) electrons. The highest BCUT2D eigenvalue weighted by Gasteiger charge is 2.28. The summed E-state index contributed by atoms with van der Waals surface area (Å²) < 4.78 is 20.1. The quantitative estimate of drug-likeness (QED) is 0.641. The molecule has 0 aromatic heterocycles. The first-order valence-corrected chi connectivity index (χ1v) is 10.7. The highest BCUT2D eigenvalue weighted by atomic mass is 19.1. The van der Waals surface area contributed by atoms with Gasteiger partial charge in [-0.25, -0.2) is 4.39 Å².